The summed E-state index contributed by atoms with van der Waals surface area (Å²) >= 11 is 0. The Balaban J connectivity index is 1.55. The Kier molecular flexibility index (Phi) is 5.64. The molecule has 2 aliphatic heterocycles. The van der Waals surface area contributed by atoms with E-state index in [1.165, 1.54) is 5.56 Å². The number of amides is 1. The summed E-state index contributed by atoms with van der Waals surface area (Å²) < 4.78 is 5.74. The summed E-state index contributed by atoms with van der Waals surface area (Å²) in [4.78, 5) is 17.2. The van der Waals surface area contributed by atoms with E-state index in [1.807, 2.05) is 37.8 Å². The van der Waals surface area contributed by atoms with E-state index in [1.54, 1.807) is 12.1 Å². The summed E-state index contributed by atoms with van der Waals surface area (Å²) in [5.41, 5.74) is 1.28. The van der Waals surface area contributed by atoms with E-state index >= 15 is 0 Å². The van der Waals surface area contributed by atoms with Crippen molar-refractivity contribution in [2.24, 2.45) is 0 Å². The van der Waals surface area contributed by atoms with Gasteiger partial charge in [0.15, 0.2) is 0 Å². The molecule has 2 heterocycles. The van der Waals surface area contributed by atoms with Crippen LogP contribution in [0.1, 0.15) is 45.1 Å². The van der Waals surface area contributed by atoms with E-state index in [9.17, 15) is 9.90 Å². The molecule has 0 aliphatic carbocycles. The molecule has 5 nitrogen and oxygen atoms in total. The number of hydrogen-bond donors (Lipinski definition) is 1. The standard InChI is InChI=1S/C20H30N2O3/c1-14-12-22(13-15(2)25-14)20(24)16(3)21-10-8-18(9-11-21)17-4-6-19(23)7-5-17/h4-7,14-16,18,23H,8-13H2,1-3H3/t14-,15+,16-/m0/s1. The normalized spacial score (nSPS) is 27.2. The molecule has 0 radical (unpaired) electrons. The van der Waals surface area contributed by atoms with Crippen molar-refractivity contribution in [3.63, 3.8) is 0 Å². The molecule has 1 aromatic rings. The minimum atomic E-state index is -0.0710. The van der Waals surface area contributed by atoms with Crippen LogP contribution in [0.5, 0.6) is 5.75 Å². The third-order valence-electron chi connectivity index (χ3n) is 5.53. The Bertz CT molecular complexity index is 571. The van der Waals surface area contributed by atoms with Crippen LogP contribution in [0, 0.1) is 0 Å². The zero-order chi connectivity index (χ0) is 18.0. The number of hydrogen-bond acceptors (Lipinski definition) is 4. The van der Waals surface area contributed by atoms with E-state index in [4.69, 9.17) is 4.74 Å². The van der Waals surface area contributed by atoms with Crippen molar-refractivity contribution >= 4 is 5.91 Å². The van der Waals surface area contributed by atoms with Crippen molar-refractivity contribution in [2.45, 2.75) is 57.8 Å². The molecule has 0 unspecified atom stereocenters. The molecule has 1 N–H and O–H groups in total. The van der Waals surface area contributed by atoms with Gasteiger partial charge in [-0.25, -0.2) is 0 Å². The molecule has 0 saturated carbocycles. The van der Waals surface area contributed by atoms with Crippen LogP contribution in [-0.2, 0) is 9.53 Å². The molecular formula is C20H30N2O3. The second-order valence-corrected chi connectivity index (χ2v) is 7.58. The van der Waals surface area contributed by atoms with Gasteiger partial charge in [-0.3, -0.25) is 9.69 Å². The number of rotatable bonds is 3. The highest BCUT2D eigenvalue weighted by Crippen LogP contribution is 2.30. The molecule has 2 saturated heterocycles. The highest BCUT2D eigenvalue weighted by atomic mass is 16.5. The van der Waals surface area contributed by atoms with Crippen LogP contribution < -0.4 is 0 Å². The third-order valence-corrected chi connectivity index (χ3v) is 5.53. The molecule has 1 aromatic carbocycles. The lowest BCUT2D eigenvalue weighted by Crippen LogP contribution is -2.55. The van der Waals surface area contributed by atoms with Gasteiger partial charge >= 0.3 is 0 Å². The Labute approximate surface area is 150 Å². The lowest BCUT2D eigenvalue weighted by atomic mass is 9.89. The van der Waals surface area contributed by atoms with E-state index in [0.717, 1.165) is 25.9 Å². The number of morpholine rings is 1. The Hall–Kier alpha value is -1.59. The average Bonchev–Trinajstić information content (AvgIpc) is 2.60. The van der Waals surface area contributed by atoms with Crippen LogP contribution in [0.4, 0.5) is 0 Å². The van der Waals surface area contributed by atoms with Gasteiger partial charge in [-0.2, -0.15) is 0 Å². The predicted molar refractivity (Wildman–Crippen MR) is 97.7 cm³/mol. The van der Waals surface area contributed by atoms with Crippen LogP contribution in [0.15, 0.2) is 24.3 Å². The topological polar surface area (TPSA) is 53.0 Å². The number of piperidine rings is 1. The molecule has 1 amide bonds. The third kappa shape index (κ3) is 4.33. The maximum atomic E-state index is 12.9. The van der Waals surface area contributed by atoms with Crippen LogP contribution in [-0.4, -0.2) is 65.2 Å². The van der Waals surface area contributed by atoms with Gasteiger partial charge in [0.2, 0.25) is 5.91 Å². The number of likely N-dealkylation sites (tertiary alicyclic amines) is 1. The molecule has 2 fully saturated rings. The SMILES string of the molecule is C[C@@H]1CN(C(=O)[C@H](C)N2CCC(c3ccc(O)cc3)CC2)C[C@H](C)O1. The van der Waals surface area contributed by atoms with Crippen molar-refractivity contribution in [1.29, 1.82) is 0 Å². The van der Waals surface area contributed by atoms with Crippen molar-refractivity contribution in [3.05, 3.63) is 29.8 Å². The number of ether oxygens (including phenoxy) is 1. The Morgan fingerprint density at radius 2 is 1.68 bits per heavy atom. The number of aromatic hydroxyl groups is 1. The van der Waals surface area contributed by atoms with Crippen molar-refractivity contribution in [2.75, 3.05) is 26.2 Å². The lowest BCUT2D eigenvalue weighted by Gasteiger charge is -2.40. The first-order chi connectivity index (χ1) is 11.9. The van der Waals surface area contributed by atoms with Gasteiger partial charge < -0.3 is 14.7 Å². The summed E-state index contributed by atoms with van der Waals surface area (Å²) in [6.45, 7) is 9.36. The van der Waals surface area contributed by atoms with Crippen molar-refractivity contribution in [1.82, 2.24) is 9.80 Å². The van der Waals surface area contributed by atoms with Crippen LogP contribution in [0.25, 0.3) is 0 Å². The van der Waals surface area contributed by atoms with Crippen molar-refractivity contribution in [3.8, 4) is 5.75 Å². The molecule has 2 aliphatic rings. The van der Waals surface area contributed by atoms with E-state index in [-0.39, 0.29) is 24.2 Å². The Morgan fingerprint density at radius 3 is 2.24 bits per heavy atom. The van der Waals surface area contributed by atoms with Gasteiger partial charge in [0, 0.05) is 13.1 Å². The fourth-order valence-corrected chi connectivity index (χ4v) is 4.14. The summed E-state index contributed by atoms with van der Waals surface area (Å²) in [6.07, 6.45) is 2.33. The predicted octanol–water partition coefficient (Wildman–Crippen LogP) is 2.60. The number of carbonyl (C=O) groups excluding carboxylic acids is 1. The summed E-state index contributed by atoms with van der Waals surface area (Å²) in [5, 5.41) is 9.43. The van der Waals surface area contributed by atoms with Gasteiger partial charge in [-0.15, -0.1) is 0 Å². The van der Waals surface area contributed by atoms with Gasteiger partial charge in [0.25, 0.3) is 0 Å². The van der Waals surface area contributed by atoms with Crippen molar-refractivity contribution < 1.29 is 14.6 Å². The minimum Gasteiger partial charge on any atom is -0.508 e. The number of nitrogens with zero attached hydrogens (tertiary/aromatic N) is 2. The van der Waals surface area contributed by atoms with E-state index in [2.05, 4.69) is 4.90 Å². The van der Waals surface area contributed by atoms with Gasteiger partial charge in [0.1, 0.15) is 5.75 Å². The largest absolute Gasteiger partial charge is 0.508 e. The average molecular weight is 346 g/mol. The molecule has 0 aromatic heterocycles. The molecule has 0 spiro atoms. The molecule has 0 bridgehead atoms. The first-order valence-electron chi connectivity index (χ1n) is 9.41. The number of phenols is 1. The molecule has 5 heteroatoms. The van der Waals surface area contributed by atoms with Gasteiger partial charge in [0.05, 0.1) is 18.2 Å². The Morgan fingerprint density at radius 1 is 1.12 bits per heavy atom. The van der Waals surface area contributed by atoms with Gasteiger partial charge in [-0.1, -0.05) is 12.1 Å². The van der Waals surface area contributed by atoms with Crippen LogP contribution >= 0.6 is 0 Å². The molecular weight excluding hydrogens is 316 g/mol. The fraction of sp³-hybridized carbons (Fsp3) is 0.650. The summed E-state index contributed by atoms with van der Waals surface area (Å²) in [6, 6.07) is 7.48. The summed E-state index contributed by atoms with van der Waals surface area (Å²) in [5.74, 6) is 1.06. The highest BCUT2D eigenvalue weighted by Gasteiger charge is 2.33. The highest BCUT2D eigenvalue weighted by molar-refractivity contribution is 5.81. The fourth-order valence-electron chi connectivity index (χ4n) is 4.14. The quantitative estimate of drug-likeness (QED) is 0.914. The second-order valence-electron chi connectivity index (χ2n) is 7.58. The maximum absolute atomic E-state index is 12.9. The van der Waals surface area contributed by atoms with E-state index in [0.29, 0.717) is 24.8 Å². The molecule has 3 atom stereocenters. The maximum Gasteiger partial charge on any atom is 0.239 e. The summed E-state index contributed by atoms with van der Waals surface area (Å²) in [7, 11) is 0. The molecule has 3 rings (SSSR count). The van der Waals surface area contributed by atoms with Crippen LogP contribution in [0.3, 0.4) is 0 Å². The first-order valence-corrected chi connectivity index (χ1v) is 9.41. The smallest absolute Gasteiger partial charge is 0.239 e. The molecule has 138 valence electrons. The molecule has 25 heavy (non-hydrogen) atoms. The van der Waals surface area contributed by atoms with E-state index < -0.39 is 0 Å². The lowest BCUT2D eigenvalue weighted by molar-refractivity contribution is -0.148. The monoisotopic (exact) mass is 346 g/mol. The van der Waals surface area contributed by atoms with Gasteiger partial charge in [-0.05, 0) is 70.3 Å². The van der Waals surface area contributed by atoms with Crippen LogP contribution in [0.2, 0.25) is 0 Å². The second kappa shape index (κ2) is 7.75. The zero-order valence-corrected chi connectivity index (χ0v) is 15.5. The zero-order valence-electron chi connectivity index (χ0n) is 15.5. The minimum absolute atomic E-state index is 0.0710. The number of phenolic OH excluding ortho intramolecular Hbond substituents is 1. The number of benzene rings is 1. The first kappa shape index (κ1) is 18.2. The number of carbonyl (C=O) groups is 1.